The van der Waals surface area contributed by atoms with Gasteiger partial charge in [-0.25, -0.2) is 18.1 Å². The standard InChI is InChI=1S/C33H35N3O4S2/c1-4-21-36-32(26-12-17-29(40-3)18-13-26)31(25-10-15-28(39-2)16-11-25)35-33(36)41-22-7-20-34-42(37,38)30-19-14-24-8-5-6-9-27(24)23-30/h5-6,8-19,23,34H,4,7,20-22H2,1-3H3. The average Bonchev–Trinajstić information content (AvgIpc) is 3.38. The van der Waals surface area contributed by atoms with E-state index in [1.54, 1.807) is 38.1 Å². The van der Waals surface area contributed by atoms with Crippen LogP contribution in [0, 0.1) is 0 Å². The first-order chi connectivity index (χ1) is 20.4. The summed E-state index contributed by atoms with van der Waals surface area (Å²) in [6.45, 7) is 3.30. The number of sulfonamides is 1. The average molecular weight is 602 g/mol. The fourth-order valence-electron chi connectivity index (χ4n) is 4.83. The molecule has 1 heterocycles. The first-order valence-corrected chi connectivity index (χ1v) is 16.4. The topological polar surface area (TPSA) is 82.5 Å². The van der Waals surface area contributed by atoms with Crippen molar-refractivity contribution >= 4 is 32.6 Å². The van der Waals surface area contributed by atoms with E-state index in [1.165, 1.54) is 0 Å². The number of benzene rings is 4. The van der Waals surface area contributed by atoms with Gasteiger partial charge in [-0.1, -0.05) is 49.0 Å². The molecule has 0 aliphatic rings. The molecule has 9 heteroatoms. The van der Waals surface area contributed by atoms with E-state index in [-0.39, 0.29) is 4.90 Å². The highest BCUT2D eigenvalue weighted by Gasteiger charge is 2.21. The Morgan fingerprint density at radius 2 is 1.48 bits per heavy atom. The van der Waals surface area contributed by atoms with Crippen LogP contribution in [-0.2, 0) is 16.6 Å². The number of hydrogen-bond acceptors (Lipinski definition) is 6. The van der Waals surface area contributed by atoms with Gasteiger partial charge in [-0.2, -0.15) is 0 Å². The predicted molar refractivity (Wildman–Crippen MR) is 171 cm³/mol. The molecule has 0 unspecified atom stereocenters. The summed E-state index contributed by atoms with van der Waals surface area (Å²) in [6.07, 6.45) is 1.60. The Hall–Kier alpha value is -3.79. The summed E-state index contributed by atoms with van der Waals surface area (Å²) >= 11 is 1.64. The van der Waals surface area contributed by atoms with Gasteiger partial charge in [0, 0.05) is 30.0 Å². The molecule has 0 bridgehead atoms. The van der Waals surface area contributed by atoms with Crippen LogP contribution in [0.4, 0.5) is 0 Å². The molecule has 0 atom stereocenters. The normalized spacial score (nSPS) is 11.6. The number of nitrogens with one attached hydrogen (secondary N) is 1. The molecule has 0 aliphatic carbocycles. The molecule has 4 aromatic carbocycles. The van der Waals surface area contributed by atoms with Crippen molar-refractivity contribution in [2.75, 3.05) is 26.5 Å². The monoisotopic (exact) mass is 601 g/mol. The number of imidazole rings is 1. The Labute approximate surface area is 252 Å². The van der Waals surface area contributed by atoms with Crippen molar-refractivity contribution in [3.8, 4) is 34.0 Å². The van der Waals surface area contributed by atoms with Crippen LogP contribution in [-0.4, -0.2) is 44.5 Å². The second-order valence-electron chi connectivity index (χ2n) is 9.81. The van der Waals surface area contributed by atoms with Gasteiger partial charge in [-0.15, -0.1) is 0 Å². The van der Waals surface area contributed by atoms with Crippen molar-refractivity contribution in [2.24, 2.45) is 0 Å². The number of rotatable bonds is 13. The van der Waals surface area contributed by atoms with Crippen LogP contribution in [0.1, 0.15) is 19.8 Å². The minimum absolute atomic E-state index is 0.278. The van der Waals surface area contributed by atoms with Crippen LogP contribution >= 0.6 is 11.8 Å². The summed E-state index contributed by atoms with van der Waals surface area (Å²) < 4.78 is 41.7. The summed E-state index contributed by atoms with van der Waals surface area (Å²) in [4.78, 5) is 5.39. The molecule has 0 amide bonds. The van der Waals surface area contributed by atoms with E-state index in [9.17, 15) is 8.42 Å². The van der Waals surface area contributed by atoms with Crippen LogP contribution in [0.25, 0.3) is 33.3 Å². The highest BCUT2D eigenvalue weighted by Crippen LogP contribution is 2.37. The second-order valence-corrected chi connectivity index (χ2v) is 12.6. The van der Waals surface area contributed by atoms with Crippen molar-refractivity contribution in [1.82, 2.24) is 14.3 Å². The number of aromatic nitrogens is 2. The number of fused-ring (bicyclic) bond motifs is 1. The molecule has 5 aromatic rings. The van der Waals surface area contributed by atoms with E-state index >= 15 is 0 Å². The third kappa shape index (κ3) is 6.64. The lowest BCUT2D eigenvalue weighted by Crippen LogP contribution is -2.25. The molecule has 0 aliphatic heterocycles. The Balaban J connectivity index is 1.34. The van der Waals surface area contributed by atoms with Gasteiger partial charge in [0.1, 0.15) is 11.5 Å². The number of nitrogens with zero attached hydrogens (tertiary/aromatic N) is 2. The van der Waals surface area contributed by atoms with Gasteiger partial charge in [-0.3, -0.25) is 0 Å². The molecule has 7 nitrogen and oxygen atoms in total. The van der Waals surface area contributed by atoms with Crippen LogP contribution in [0.3, 0.4) is 0 Å². The maximum Gasteiger partial charge on any atom is 0.240 e. The number of hydrogen-bond donors (Lipinski definition) is 1. The summed E-state index contributed by atoms with van der Waals surface area (Å²) in [7, 11) is -0.281. The lowest BCUT2D eigenvalue weighted by atomic mass is 10.0. The van der Waals surface area contributed by atoms with Gasteiger partial charge in [0.15, 0.2) is 5.16 Å². The van der Waals surface area contributed by atoms with Gasteiger partial charge in [0.2, 0.25) is 10.0 Å². The maximum atomic E-state index is 12.9. The Bertz CT molecular complexity index is 1750. The smallest absolute Gasteiger partial charge is 0.240 e. The van der Waals surface area contributed by atoms with E-state index < -0.39 is 10.0 Å². The molecular weight excluding hydrogens is 567 g/mol. The van der Waals surface area contributed by atoms with Gasteiger partial charge in [0.25, 0.3) is 0 Å². The molecule has 0 spiro atoms. The van der Waals surface area contributed by atoms with Gasteiger partial charge in [0.05, 0.1) is 30.5 Å². The molecule has 42 heavy (non-hydrogen) atoms. The van der Waals surface area contributed by atoms with Crippen molar-refractivity contribution in [3.63, 3.8) is 0 Å². The third-order valence-electron chi connectivity index (χ3n) is 6.98. The fourth-order valence-corrected chi connectivity index (χ4v) is 6.90. The van der Waals surface area contributed by atoms with E-state index in [1.807, 2.05) is 66.7 Å². The van der Waals surface area contributed by atoms with E-state index in [2.05, 4.69) is 28.3 Å². The Kier molecular flexibility index (Phi) is 9.51. The van der Waals surface area contributed by atoms with Crippen molar-refractivity contribution in [1.29, 1.82) is 0 Å². The highest BCUT2D eigenvalue weighted by molar-refractivity contribution is 7.99. The third-order valence-corrected chi connectivity index (χ3v) is 9.50. The predicted octanol–water partition coefficient (Wildman–Crippen LogP) is 7.26. The number of methoxy groups -OCH3 is 2. The molecule has 5 rings (SSSR count). The van der Waals surface area contributed by atoms with Crippen LogP contribution < -0.4 is 14.2 Å². The molecule has 0 saturated heterocycles. The summed E-state index contributed by atoms with van der Waals surface area (Å²) in [5.41, 5.74) is 4.00. The first-order valence-electron chi connectivity index (χ1n) is 13.9. The van der Waals surface area contributed by atoms with E-state index in [4.69, 9.17) is 14.5 Å². The molecule has 0 fully saturated rings. The van der Waals surface area contributed by atoms with E-state index in [0.29, 0.717) is 18.7 Å². The minimum atomic E-state index is -3.60. The summed E-state index contributed by atoms with van der Waals surface area (Å²) in [5.74, 6) is 2.30. The number of ether oxygens (including phenoxy) is 2. The molecule has 1 N–H and O–H groups in total. The van der Waals surface area contributed by atoms with Crippen LogP contribution in [0.15, 0.2) is 101 Å². The zero-order chi connectivity index (χ0) is 29.5. The van der Waals surface area contributed by atoms with Crippen molar-refractivity contribution in [2.45, 2.75) is 36.4 Å². The number of thioether (sulfide) groups is 1. The van der Waals surface area contributed by atoms with Crippen molar-refractivity contribution < 1.29 is 17.9 Å². The zero-order valence-corrected chi connectivity index (χ0v) is 25.7. The molecule has 0 saturated carbocycles. The molecule has 0 radical (unpaired) electrons. The minimum Gasteiger partial charge on any atom is -0.497 e. The van der Waals surface area contributed by atoms with Crippen molar-refractivity contribution in [3.05, 3.63) is 91.0 Å². The summed E-state index contributed by atoms with van der Waals surface area (Å²) in [6, 6.07) is 29.0. The van der Waals surface area contributed by atoms with Gasteiger partial charge < -0.3 is 14.0 Å². The quantitative estimate of drug-likeness (QED) is 0.113. The molecule has 218 valence electrons. The molecule has 1 aromatic heterocycles. The maximum absolute atomic E-state index is 12.9. The lowest BCUT2D eigenvalue weighted by Gasteiger charge is -2.13. The largest absolute Gasteiger partial charge is 0.497 e. The van der Waals surface area contributed by atoms with Gasteiger partial charge in [-0.05, 0) is 84.3 Å². The summed E-state index contributed by atoms with van der Waals surface area (Å²) in [5, 5.41) is 2.82. The van der Waals surface area contributed by atoms with E-state index in [0.717, 1.165) is 62.9 Å². The fraction of sp³-hybridized carbons (Fsp3) is 0.242. The Morgan fingerprint density at radius 1 is 0.833 bits per heavy atom. The van der Waals surface area contributed by atoms with Crippen LogP contribution in [0.2, 0.25) is 0 Å². The SMILES string of the molecule is CCCn1c(SCCCNS(=O)(=O)c2ccc3ccccc3c2)nc(-c2ccc(OC)cc2)c1-c1ccc(OC)cc1. The highest BCUT2D eigenvalue weighted by atomic mass is 32.2. The first kappa shape index (κ1) is 29.7. The second kappa shape index (κ2) is 13.5. The molecular formula is C33H35N3O4S2. The Morgan fingerprint density at radius 3 is 2.12 bits per heavy atom. The van der Waals surface area contributed by atoms with Crippen LogP contribution in [0.5, 0.6) is 11.5 Å². The van der Waals surface area contributed by atoms with Gasteiger partial charge >= 0.3 is 0 Å². The lowest BCUT2D eigenvalue weighted by molar-refractivity contribution is 0.414. The zero-order valence-electron chi connectivity index (χ0n) is 24.0.